The number of carbonyl (C=O) groups is 2. The Bertz CT molecular complexity index is 477. The van der Waals surface area contributed by atoms with Gasteiger partial charge in [0.1, 0.15) is 0 Å². The molecule has 19 heavy (non-hydrogen) atoms. The summed E-state index contributed by atoms with van der Waals surface area (Å²) < 4.78 is 0.812. The van der Waals surface area contributed by atoms with Crippen molar-refractivity contribution >= 4 is 40.3 Å². The summed E-state index contributed by atoms with van der Waals surface area (Å²) in [4.78, 5) is 24.6. The van der Waals surface area contributed by atoms with Gasteiger partial charge in [0.25, 0.3) is 0 Å². The molecule has 0 radical (unpaired) electrons. The first-order valence-electron chi connectivity index (χ1n) is 6.00. The van der Waals surface area contributed by atoms with E-state index in [-0.39, 0.29) is 11.6 Å². The van der Waals surface area contributed by atoms with E-state index in [1.165, 1.54) is 6.07 Å². The lowest BCUT2D eigenvalue weighted by molar-refractivity contribution is 0.0698. The van der Waals surface area contributed by atoms with Crippen molar-refractivity contribution in [3.8, 4) is 0 Å². The fourth-order valence-corrected chi connectivity index (χ4v) is 2.00. The number of rotatable bonds is 5. The Hall–Kier alpha value is -1.31. The quantitative estimate of drug-likeness (QED) is 0.776. The number of aromatic carboxylic acids is 1. The van der Waals surface area contributed by atoms with E-state index in [0.29, 0.717) is 12.2 Å². The van der Waals surface area contributed by atoms with Crippen molar-refractivity contribution in [1.29, 1.82) is 0 Å². The molecule has 0 unspecified atom stereocenters. The molecule has 0 bridgehead atoms. The molecule has 0 spiro atoms. The average Bonchev–Trinajstić information content (AvgIpc) is 2.37. The zero-order valence-corrected chi connectivity index (χ0v) is 13.1. The van der Waals surface area contributed by atoms with Crippen molar-refractivity contribution in [1.82, 2.24) is 4.90 Å². The van der Waals surface area contributed by atoms with Crippen LogP contribution in [-0.2, 0) is 0 Å². The topological polar surface area (TPSA) is 69.6 Å². The van der Waals surface area contributed by atoms with Gasteiger partial charge in [-0.15, -0.1) is 0 Å². The molecule has 0 saturated heterocycles. The van der Waals surface area contributed by atoms with Crippen LogP contribution in [0.1, 0.15) is 30.1 Å². The first-order valence-corrected chi connectivity index (χ1v) is 7.08. The second kappa shape index (κ2) is 7.32. The van der Waals surface area contributed by atoms with E-state index in [9.17, 15) is 9.59 Å². The van der Waals surface area contributed by atoms with Crippen molar-refractivity contribution < 1.29 is 14.7 Å². The van der Waals surface area contributed by atoms with Crippen LogP contribution in [0.15, 0.2) is 18.2 Å². The largest absolute Gasteiger partial charge is 0.478 e. The molecule has 0 aliphatic carbocycles. The summed E-state index contributed by atoms with van der Waals surface area (Å²) in [6.45, 7) is 2.70. The molecule has 2 amide bonds. The van der Waals surface area contributed by atoms with Crippen LogP contribution in [0.25, 0.3) is 0 Å². The SMILES string of the molecule is CCCCN(C)C(=O)Nc1ccc(I)cc1C(=O)O. The van der Waals surface area contributed by atoms with Crippen molar-refractivity contribution in [2.75, 3.05) is 18.9 Å². The van der Waals surface area contributed by atoms with Gasteiger partial charge in [-0.3, -0.25) is 0 Å². The minimum atomic E-state index is -1.05. The van der Waals surface area contributed by atoms with E-state index < -0.39 is 5.97 Å². The zero-order valence-electron chi connectivity index (χ0n) is 10.9. The highest BCUT2D eigenvalue weighted by Gasteiger charge is 2.14. The Kier molecular flexibility index (Phi) is 6.07. The van der Waals surface area contributed by atoms with Crippen molar-refractivity contribution in [2.24, 2.45) is 0 Å². The van der Waals surface area contributed by atoms with Crippen LogP contribution >= 0.6 is 22.6 Å². The van der Waals surface area contributed by atoms with E-state index in [4.69, 9.17) is 5.11 Å². The molecule has 0 atom stereocenters. The molecular formula is C13H17IN2O3. The number of hydrogen-bond acceptors (Lipinski definition) is 2. The highest BCUT2D eigenvalue weighted by molar-refractivity contribution is 14.1. The molecule has 0 aromatic heterocycles. The number of nitrogens with zero attached hydrogens (tertiary/aromatic N) is 1. The third kappa shape index (κ3) is 4.70. The number of halogens is 1. The number of unbranched alkanes of at least 4 members (excludes halogenated alkanes) is 1. The first-order chi connectivity index (χ1) is 8.95. The van der Waals surface area contributed by atoms with Gasteiger partial charge in [-0.05, 0) is 47.2 Å². The van der Waals surface area contributed by atoms with Crippen LogP contribution in [0.5, 0.6) is 0 Å². The molecule has 0 fully saturated rings. The van der Waals surface area contributed by atoms with Crippen LogP contribution in [0.2, 0.25) is 0 Å². The van der Waals surface area contributed by atoms with Crippen LogP contribution in [0.4, 0.5) is 10.5 Å². The van der Waals surface area contributed by atoms with Gasteiger partial charge >= 0.3 is 12.0 Å². The predicted molar refractivity (Wildman–Crippen MR) is 82.7 cm³/mol. The third-order valence-corrected chi connectivity index (χ3v) is 3.32. The monoisotopic (exact) mass is 376 g/mol. The summed E-state index contributed by atoms with van der Waals surface area (Å²) in [5, 5.41) is 11.7. The summed E-state index contributed by atoms with van der Waals surface area (Å²) in [5.41, 5.74) is 0.422. The van der Waals surface area contributed by atoms with Gasteiger partial charge in [-0.1, -0.05) is 13.3 Å². The average molecular weight is 376 g/mol. The molecule has 0 saturated carbocycles. The third-order valence-electron chi connectivity index (χ3n) is 2.65. The maximum absolute atomic E-state index is 11.9. The fourth-order valence-electron chi connectivity index (χ4n) is 1.51. The summed E-state index contributed by atoms with van der Waals surface area (Å²) in [6.07, 6.45) is 1.92. The molecule has 1 aromatic rings. The standard InChI is InChI=1S/C13H17IN2O3/c1-3-4-7-16(2)13(19)15-11-6-5-9(14)8-10(11)12(17)18/h5-6,8H,3-4,7H2,1-2H3,(H,15,19)(H,17,18). The number of benzene rings is 1. The Balaban J connectivity index is 2.81. The molecule has 1 aromatic carbocycles. The molecule has 6 heteroatoms. The Morgan fingerprint density at radius 2 is 2.11 bits per heavy atom. The van der Waals surface area contributed by atoms with Crippen LogP contribution < -0.4 is 5.32 Å². The van der Waals surface area contributed by atoms with Gasteiger partial charge < -0.3 is 15.3 Å². The second-order valence-corrected chi connectivity index (χ2v) is 5.45. The highest BCUT2D eigenvalue weighted by atomic mass is 127. The van der Waals surface area contributed by atoms with Crippen molar-refractivity contribution in [2.45, 2.75) is 19.8 Å². The van der Waals surface area contributed by atoms with Gasteiger partial charge in [0.2, 0.25) is 0 Å². The van der Waals surface area contributed by atoms with Gasteiger partial charge in [-0.25, -0.2) is 9.59 Å². The van der Waals surface area contributed by atoms with Gasteiger partial charge in [0, 0.05) is 17.2 Å². The molecule has 0 heterocycles. The van der Waals surface area contributed by atoms with E-state index in [1.807, 2.05) is 29.5 Å². The minimum absolute atomic E-state index is 0.101. The first kappa shape index (κ1) is 15.7. The van der Waals surface area contributed by atoms with Gasteiger partial charge in [-0.2, -0.15) is 0 Å². The number of anilines is 1. The number of carboxylic acids is 1. The number of carboxylic acid groups (broad SMARTS) is 1. The van der Waals surface area contributed by atoms with E-state index in [2.05, 4.69) is 5.32 Å². The molecule has 5 nitrogen and oxygen atoms in total. The lowest BCUT2D eigenvalue weighted by Gasteiger charge is -2.18. The molecule has 0 aliphatic rings. The number of nitrogens with one attached hydrogen (secondary N) is 1. The van der Waals surface area contributed by atoms with Crippen LogP contribution in [0.3, 0.4) is 0 Å². The Morgan fingerprint density at radius 1 is 1.42 bits per heavy atom. The highest BCUT2D eigenvalue weighted by Crippen LogP contribution is 2.19. The van der Waals surface area contributed by atoms with Crippen molar-refractivity contribution in [3.05, 3.63) is 27.3 Å². The number of urea groups is 1. The number of carbonyl (C=O) groups excluding carboxylic acids is 1. The number of amides is 2. The zero-order chi connectivity index (χ0) is 14.4. The fraction of sp³-hybridized carbons (Fsp3) is 0.385. The second-order valence-electron chi connectivity index (χ2n) is 4.20. The predicted octanol–water partition coefficient (Wildman–Crippen LogP) is 3.25. The van der Waals surface area contributed by atoms with E-state index in [1.54, 1.807) is 24.1 Å². The van der Waals surface area contributed by atoms with Crippen LogP contribution in [0, 0.1) is 3.57 Å². The minimum Gasteiger partial charge on any atom is -0.478 e. The van der Waals surface area contributed by atoms with E-state index in [0.717, 1.165) is 16.4 Å². The lowest BCUT2D eigenvalue weighted by Crippen LogP contribution is -2.32. The maximum Gasteiger partial charge on any atom is 0.337 e. The summed E-state index contributed by atoms with van der Waals surface area (Å²) in [5.74, 6) is -1.05. The maximum atomic E-state index is 11.9. The smallest absolute Gasteiger partial charge is 0.337 e. The normalized spacial score (nSPS) is 10.1. The van der Waals surface area contributed by atoms with Gasteiger partial charge in [0.15, 0.2) is 0 Å². The van der Waals surface area contributed by atoms with Crippen molar-refractivity contribution in [3.63, 3.8) is 0 Å². The lowest BCUT2D eigenvalue weighted by atomic mass is 10.2. The summed E-state index contributed by atoms with van der Waals surface area (Å²) in [7, 11) is 1.69. The Labute approximate surface area is 126 Å². The molecule has 0 aliphatic heterocycles. The molecular weight excluding hydrogens is 359 g/mol. The molecule has 1 rings (SSSR count). The molecule has 104 valence electrons. The van der Waals surface area contributed by atoms with Gasteiger partial charge in [0.05, 0.1) is 11.3 Å². The van der Waals surface area contributed by atoms with Crippen LogP contribution in [-0.4, -0.2) is 35.6 Å². The summed E-state index contributed by atoms with van der Waals surface area (Å²) in [6, 6.07) is 4.60. The summed E-state index contributed by atoms with van der Waals surface area (Å²) >= 11 is 2.03. The molecule has 2 N–H and O–H groups in total. The van der Waals surface area contributed by atoms with E-state index >= 15 is 0 Å². The number of hydrogen-bond donors (Lipinski definition) is 2. The Morgan fingerprint density at radius 3 is 2.68 bits per heavy atom.